The molecule has 1 aromatic carbocycles. The van der Waals surface area contributed by atoms with Crippen LogP contribution in [0.1, 0.15) is 76.7 Å². The highest BCUT2D eigenvalue weighted by atomic mass is 127. The van der Waals surface area contributed by atoms with Gasteiger partial charge in [0.1, 0.15) is 6.10 Å². The molecule has 3 nitrogen and oxygen atoms in total. The van der Waals surface area contributed by atoms with E-state index in [1.165, 1.54) is 29.3 Å². The Morgan fingerprint density at radius 1 is 1.00 bits per heavy atom. The Balaban J connectivity index is 0.00000225. The number of quaternary nitrogens is 1. The molecule has 4 heteroatoms. The highest BCUT2D eigenvalue weighted by Crippen LogP contribution is 2.45. The van der Waals surface area contributed by atoms with E-state index in [0.717, 1.165) is 32.1 Å². The smallest absolute Gasteiger partial charge is 0.309 e. The van der Waals surface area contributed by atoms with Crippen molar-refractivity contribution < 1.29 is 38.0 Å². The van der Waals surface area contributed by atoms with Crippen LogP contribution in [-0.4, -0.2) is 41.7 Å². The van der Waals surface area contributed by atoms with E-state index in [2.05, 4.69) is 51.2 Å². The lowest BCUT2D eigenvalue weighted by Gasteiger charge is -2.49. The van der Waals surface area contributed by atoms with Crippen molar-refractivity contribution in [3.8, 4) is 0 Å². The van der Waals surface area contributed by atoms with Gasteiger partial charge in [0, 0.05) is 25.7 Å². The third-order valence-electron chi connectivity index (χ3n) is 8.17. The van der Waals surface area contributed by atoms with E-state index < -0.39 is 0 Å². The van der Waals surface area contributed by atoms with Gasteiger partial charge in [-0.25, -0.2) is 0 Å². The van der Waals surface area contributed by atoms with Crippen LogP contribution in [0.4, 0.5) is 0 Å². The number of carbonyl (C=O) groups excluding carboxylic acids is 1. The van der Waals surface area contributed by atoms with Crippen LogP contribution in [0.25, 0.3) is 0 Å². The molecule has 0 spiro atoms. The summed E-state index contributed by atoms with van der Waals surface area (Å²) in [6.07, 6.45) is 9.31. The summed E-state index contributed by atoms with van der Waals surface area (Å²) in [6, 6.07) is 12.6. The molecular formula is C24H36INO2. The molecule has 4 rings (SSSR count). The van der Waals surface area contributed by atoms with Gasteiger partial charge in [0.15, 0.2) is 0 Å². The van der Waals surface area contributed by atoms with E-state index in [0.29, 0.717) is 24.0 Å². The number of hydrogen-bond acceptors (Lipinski definition) is 2. The van der Waals surface area contributed by atoms with Crippen molar-refractivity contribution in [3.05, 3.63) is 35.9 Å². The molecule has 156 valence electrons. The lowest BCUT2D eigenvalue weighted by Crippen LogP contribution is -3.00. The van der Waals surface area contributed by atoms with E-state index in [4.69, 9.17) is 4.74 Å². The Morgan fingerprint density at radius 3 is 2.21 bits per heavy atom. The van der Waals surface area contributed by atoms with Gasteiger partial charge >= 0.3 is 5.97 Å². The summed E-state index contributed by atoms with van der Waals surface area (Å²) in [5.41, 5.74) is 1.31. The van der Waals surface area contributed by atoms with Crippen LogP contribution in [0, 0.1) is 5.92 Å². The number of fused-ring (bicyclic) bond motifs is 2. The maximum Gasteiger partial charge on any atom is 0.309 e. The SMILES string of the molecule is CC(C)[N+]1(C)[C@@H]2CC[C@H]1CC(OC(=O)C1CCCCC1c1ccccc1)C2.[I-]. The molecule has 28 heavy (non-hydrogen) atoms. The van der Waals surface area contributed by atoms with Gasteiger partial charge in [0.2, 0.25) is 0 Å². The molecule has 1 aliphatic carbocycles. The largest absolute Gasteiger partial charge is 1.00 e. The number of ether oxygens (including phenoxy) is 1. The number of esters is 1. The second-order valence-electron chi connectivity index (χ2n) is 9.64. The first-order chi connectivity index (χ1) is 13.0. The topological polar surface area (TPSA) is 26.3 Å². The zero-order chi connectivity index (χ0) is 19.0. The molecule has 2 saturated heterocycles. The Labute approximate surface area is 187 Å². The first-order valence-electron chi connectivity index (χ1n) is 11.1. The molecular weight excluding hydrogens is 461 g/mol. The zero-order valence-electron chi connectivity index (χ0n) is 17.6. The highest BCUT2D eigenvalue weighted by molar-refractivity contribution is 5.74. The summed E-state index contributed by atoms with van der Waals surface area (Å²) in [6.45, 7) is 4.70. The minimum absolute atomic E-state index is 0. The fourth-order valence-electron chi connectivity index (χ4n) is 6.34. The summed E-state index contributed by atoms with van der Waals surface area (Å²) in [4.78, 5) is 13.2. The summed E-state index contributed by atoms with van der Waals surface area (Å²) in [5.74, 6) is 0.463. The standard InChI is InChI=1S/C24H36NO2.HI/c1-17(2)25(3)19-13-14-20(25)16-21(15-19)27-24(26)23-12-8-7-11-22(23)18-9-5-4-6-10-18;/h4-6,9-10,17,19-23H,7-8,11-16H2,1-3H3;1H/q+1;/p-1/t19-,20+,21?,22?,23?,25?;. The Morgan fingerprint density at radius 2 is 1.61 bits per heavy atom. The Bertz CT molecular complexity index is 648. The third kappa shape index (κ3) is 4.00. The van der Waals surface area contributed by atoms with Crippen molar-refractivity contribution >= 4 is 5.97 Å². The maximum absolute atomic E-state index is 13.2. The van der Waals surface area contributed by atoms with Crippen LogP contribution in [0.2, 0.25) is 0 Å². The number of benzene rings is 1. The normalized spacial score (nSPS) is 37.4. The Hall–Kier alpha value is -0.620. The van der Waals surface area contributed by atoms with Crippen LogP contribution in [0.3, 0.4) is 0 Å². The number of hydrogen-bond donors (Lipinski definition) is 0. The van der Waals surface area contributed by atoms with Crippen molar-refractivity contribution in [1.29, 1.82) is 0 Å². The van der Waals surface area contributed by atoms with Gasteiger partial charge in [-0.2, -0.15) is 0 Å². The third-order valence-corrected chi connectivity index (χ3v) is 8.17. The van der Waals surface area contributed by atoms with Crippen molar-refractivity contribution in [3.63, 3.8) is 0 Å². The molecule has 0 aromatic heterocycles. The first kappa shape index (κ1) is 22.1. The van der Waals surface area contributed by atoms with Gasteiger partial charge in [-0.3, -0.25) is 4.79 Å². The van der Waals surface area contributed by atoms with Crippen LogP contribution < -0.4 is 24.0 Å². The van der Waals surface area contributed by atoms with Gasteiger partial charge in [0.05, 0.1) is 31.1 Å². The van der Waals surface area contributed by atoms with Crippen LogP contribution in [0.5, 0.6) is 0 Å². The average Bonchev–Trinajstić information content (AvgIpc) is 2.86. The monoisotopic (exact) mass is 497 g/mol. The van der Waals surface area contributed by atoms with Crippen molar-refractivity contribution in [2.75, 3.05) is 7.05 Å². The number of carbonyl (C=O) groups is 1. The molecule has 0 amide bonds. The van der Waals surface area contributed by atoms with Gasteiger partial charge in [-0.15, -0.1) is 0 Å². The lowest BCUT2D eigenvalue weighted by atomic mass is 9.75. The fraction of sp³-hybridized carbons (Fsp3) is 0.708. The van der Waals surface area contributed by atoms with Gasteiger partial charge in [-0.05, 0) is 38.2 Å². The molecule has 2 aliphatic heterocycles. The van der Waals surface area contributed by atoms with Gasteiger partial charge in [-0.1, -0.05) is 43.2 Å². The van der Waals surface area contributed by atoms with E-state index in [9.17, 15) is 4.79 Å². The van der Waals surface area contributed by atoms with E-state index >= 15 is 0 Å². The number of rotatable bonds is 4. The minimum Gasteiger partial charge on any atom is -1.00 e. The summed E-state index contributed by atoms with van der Waals surface area (Å²) in [7, 11) is 2.43. The lowest BCUT2D eigenvalue weighted by molar-refractivity contribution is -0.968. The number of halogens is 1. The second kappa shape index (κ2) is 9.03. The summed E-state index contributed by atoms with van der Waals surface area (Å²) < 4.78 is 7.37. The van der Waals surface area contributed by atoms with Crippen molar-refractivity contribution in [2.24, 2.45) is 5.92 Å². The van der Waals surface area contributed by atoms with Crippen LogP contribution in [0.15, 0.2) is 30.3 Å². The molecule has 2 bridgehead atoms. The minimum atomic E-state index is 0. The molecule has 0 N–H and O–H groups in total. The summed E-state index contributed by atoms with van der Waals surface area (Å²) >= 11 is 0. The van der Waals surface area contributed by atoms with E-state index in [1.54, 1.807) is 0 Å². The quantitative estimate of drug-likeness (QED) is 0.362. The predicted molar refractivity (Wildman–Crippen MR) is 108 cm³/mol. The van der Waals surface area contributed by atoms with Gasteiger partial charge < -0.3 is 33.2 Å². The second-order valence-corrected chi connectivity index (χ2v) is 9.64. The average molecular weight is 497 g/mol. The fourth-order valence-corrected chi connectivity index (χ4v) is 6.34. The summed E-state index contributed by atoms with van der Waals surface area (Å²) in [5, 5.41) is 0. The number of piperidine rings is 1. The highest BCUT2D eigenvalue weighted by Gasteiger charge is 2.54. The Kier molecular flexibility index (Phi) is 7.12. The zero-order valence-corrected chi connectivity index (χ0v) is 19.8. The van der Waals surface area contributed by atoms with Crippen molar-refractivity contribution in [1.82, 2.24) is 0 Å². The molecule has 4 unspecified atom stereocenters. The van der Waals surface area contributed by atoms with Gasteiger partial charge in [0.25, 0.3) is 0 Å². The predicted octanol–water partition coefficient (Wildman–Crippen LogP) is 2.06. The molecule has 1 aromatic rings. The molecule has 3 fully saturated rings. The first-order valence-corrected chi connectivity index (χ1v) is 11.1. The maximum atomic E-state index is 13.2. The molecule has 2 heterocycles. The van der Waals surface area contributed by atoms with Crippen LogP contribution >= 0.6 is 0 Å². The van der Waals surface area contributed by atoms with Crippen molar-refractivity contribution in [2.45, 2.75) is 95.4 Å². The van der Waals surface area contributed by atoms with E-state index in [-0.39, 0.29) is 42.0 Å². The molecule has 3 aliphatic rings. The molecule has 0 radical (unpaired) electrons. The van der Waals surface area contributed by atoms with Crippen LogP contribution in [-0.2, 0) is 9.53 Å². The molecule has 1 saturated carbocycles. The number of nitrogens with zero attached hydrogens (tertiary/aromatic N) is 1. The van der Waals surface area contributed by atoms with E-state index in [1.807, 2.05) is 0 Å². The molecule has 6 atom stereocenters.